The summed E-state index contributed by atoms with van der Waals surface area (Å²) in [7, 11) is 0. The number of hydrogen-bond donors (Lipinski definition) is 2. The van der Waals surface area contributed by atoms with Crippen LogP contribution in [-0.2, 0) is 11.3 Å². The highest BCUT2D eigenvalue weighted by Gasteiger charge is 2.08. The third-order valence-corrected chi connectivity index (χ3v) is 4.89. The van der Waals surface area contributed by atoms with Gasteiger partial charge >= 0.3 is 0 Å². The van der Waals surface area contributed by atoms with Crippen LogP contribution in [-0.4, -0.2) is 22.1 Å². The van der Waals surface area contributed by atoms with Crippen molar-refractivity contribution in [1.82, 2.24) is 9.55 Å². The van der Waals surface area contributed by atoms with Gasteiger partial charge in [0.15, 0.2) is 0 Å². The zero-order chi connectivity index (χ0) is 23.0. The Labute approximate surface area is 191 Å². The van der Waals surface area contributed by atoms with Crippen LogP contribution in [0.2, 0.25) is 0 Å². The predicted molar refractivity (Wildman–Crippen MR) is 130 cm³/mol. The van der Waals surface area contributed by atoms with Crippen LogP contribution in [0.4, 0.5) is 17.1 Å². The van der Waals surface area contributed by atoms with Gasteiger partial charge in [-0.3, -0.25) is 14.2 Å². The Morgan fingerprint density at radius 2 is 1.58 bits per heavy atom. The van der Waals surface area contributed by atoms with Crippen LogP contribution in [0.3, 0.4) is 0 Å². The number of carbonyl (C=O) groups excluding carboxylic acids is 1. The van der Waals surface area contributed by atoms with Gasteiger partial charge in [-0.05, 0) is 67.6 Å². The Balaban J connectivity index is 1.36. The quantitative estimate of drug-likeness (QED) is 0.415. The van der Waals surface area contributed by atoms with Crippen LogP contribution in [0.1, 0.15) is 6.92 Å². The Bertz CT molecular complexity index is 1270. The molecule has 0 atom stereocenters. The van der Waals surface area contributed by atoms with Crippen molar-refractivity contribution in [2.24, 2.45) is 0 Å². The van der Waals surface area contributed by atoms with Gasteiger partial charge in [0.25, 0.3) is 5.56 Å². The Morgan fingerprint density at radius 1 is 0.909 bits per heavy atom. The number of rotatable bonds is 8. The van der Waals surface area contributed by atoms with Crippen LogP contribution in [0.15, 0.2) is 96.1 Å². The number of anilines is 3. The first-order valence-electron chi connectivity index (χ1n) is 10.6. The number of nitrogens with one attached hydrogen (secondary N) is 2. The number of amides is 1. The fraction of sp³-hybridized carbons (Fsp3) is 0.115. The minimum atomic E-state index is -0.309. The zero-order valence-corrected chi connectivity index (χ0v) is 18.2. The summed E-state index contributed by atoms with van der Waals surface area (Å²) in [6.45, 7) is 2.38. The van der Waals surface area contributed by atoms with Gasteiger partial charge in [0.05, 0.1) is 18.6 Å². The lowest BCUT2D eigenvalue weighted by atomic mass is 10.1. The molecule has 2 N–H and O–H groups in total. The number of nitrogens with zero attached hydrogens (tertiary/aromatic N) is 2. The first-order chi connectivity index (χ1) is 16.1. The maximum atomic E-state index is 12.5. The number of carbonyl (C=O) groups is 1. The van der Waals surface area contributed by atoms with E-state index in [4.69, 9.17) is 4.74 Å². The van der Waals surface area contributed by atoms with Gasteiger partial charge in [-0.1, -0.05) is 18.2 Å². The first-order valence-corrected chi connectivity index (χ1v) is 10.6. The second-order valence-corrected chi connectivity index (χ2v) is 7.31. The minimum absolute atomic E-state index is 0.126. The summed E-state index contributed by atoms with van der Waals surface area (Å²) in [5.74, 6) is 0.451. The van der Waals surface area contributed by atoms with Gasteiger partial charge in [-0.2, -0.15) is 0 Å². The molecule has 1 aromatic heterocycles. The van der Waals surface area contributed by atoms with E-state index in [1.54, 1.807) is 12.1 Å². The van der Waals surface area contributed by atoms with E-state index < -0.39 is 0 Å². The summed E-state index contributed by atoms with van der Waals surface area (Å²) in [6, 6.07) is 26.0. The average molecular weight is 441 g/mol. The molecule has 166 valence electrons. The van der Waals surface area contributed by atoms with Crippen LogP contribution in [0.5, 0.6) is 5.75 Å². The van der Waals surface area contributed by atoms with Gasteiger partial charge in [0, 0.05) is 28.7 Å². The molecule has 0 radical (unpaired) electrons. The predicted octanol–water partition coefficient (Wildman–Crippen LogP) is 4.69. The molecular weight excluding hydrogens is 416 g/mol. The lowest BCUT2D eigenvalue weighted by Crippen LogP contribution is -2.27. The van der Waals surface area contributed by atoms with Gasteiger partial charge in [-0.15, -0.1) is 0 Å². The van der Waals surface area contributed by atoms with Crippen molar-refractivity contribution < 1.29 is 9.53 Å². The maximum absolute atomic E-state index is 12.5. The molecule has 1 heterocycles. The molecule has 7 nitrogen and oxygen atoms in total. The highest BCUT2D eigenvalue weighted by molar-refractivity contribution is 5.90. The van der Waals surface area contributed by atoms with Gasteiger partial charge in [0.2, 0.25) is 5.91 Å². The summed E-state index contributed by atoms with van der Waals surface area (Å²) in [5, 5.41) is 6.09. The molecule has 7 heteroatoms. The topological polar surface area (TPSA) is 85.2 Å². The molecule has 0 unspecified atom stereocenters. The largest absolute Gasteiger partial charge is 0.494 e. The van der Waals surface area contributed by atoms with Crippen LogP contribution >= 0.6 is 0 Å². The third kappa shape index (κ3) is 5.86. The van der Waals surface area contributed by atoms with Crippen molar-refractivity contribution in [1.29, 1.82) is 0 Å². The van der Waals surface area contributed by atoms with Crippen LogP contribution in [0.25, 0.3) is 11.3 Å². The van der Waals surface area contributed by atoms with E-state index in [0.29, 0.717) is 18.0 Å². The lowest BCUT2D eigenvalue weighted by Gasteiger charge is -2.10. The van der Waals surface area contributed by atoms with E-state index >= 15 is 0 Å². The van der Waals surface area contributed by atoms with Crippen molar-refractivity contribution in [3.05, 3.63) is 102 Å². The molecule has 4 rings (SSSR count). The Morgan fingerprint density at radius 3 is 2.24 bits per heavy atom. The molecule has 3 aromatic carbocycles. The van der Waals surface area contributed by atoms with Crippen molar-refractivity contribution in [2.45, 2.75) is 13.5 Å². The van der Waals surface area contributed by atoms with E-state index in [0.717, 1.165) is 22.7 Å². The van der Waals surface area contributed by atoms with E-state index in [-0.39, 0.29) is 18.0 Å². The molecule has 0 fully saturated rings. The van der Waals surface area contributed by atoms with Crippen molar-refractivity contribution in [3.8, 4) is 17.0 Å². The van der Waals surface area contributed by atoms with Gasteiger partial charge in [0.1, 0.15) is 12.3 Å². The molecule has 0 aliphatic carbocycles. The molecule has 0 aliphatic rings. The van der Waals surface area contributed by atoms with Crippen molar-refractivity contribution in [2.75, 3.05) is 17.2 Å². The zero-order valence-electron chi connectivity index (χ0n) is 18.2. The molecule has 1 amide bonds. The first kappa shape index (κ1) is 21.8. The number of ether oxygens (including phenoxy) is 1. The molecule has 4 aromatic rings. The molecule has 0 bridgehead atoms. The van der Waals surface area contributed by atoms with Crippen molar-refractivity contribution >= 4 is 23.0 Å². The smallest absolute Gasteiger partial charge is 0.254 e. The Kier molecular flexibility index (Phi) is 6.80. The second-order valence-electron chi connectivity index (χ2n) is 7.31. The lowest BCUT2D eigenvalue weighted by molar-refractivity contribution is -0.116. The van der Waals surface area contributed by atoms with E-state index in [2.05, 4.69) is 15.6 Å². The van der Waals surface area contributed by atoms with Crippen LogP contribution < -0.4 is 20.9 Å². The summed E-state index contributed by atoms with van der Waals surface area (Å²) >= 11 is 0. The summed E-state index contributed by atoms with van der Waals surface area (Å²) in [6.07, 6.45) is 1.39. The second kappa shape index (κ2) is 10.3. The monoisotopic (exact) mass is 440 g/mol. The summed E-state index contributed by atoms with van der Waals surface area (Å²) < 4.78 is 6.71. The Hall–Kier alpha value is -4.39. The highest BCUT2D eigenvalue weighted by atomic mass is 16.5. The molecular formula is C26H24N4O3. The number of aromatic nitrogens is 2. The van der Waals surface area contributed by atoms with E-state index in [1.165, 1.54) is 17.0 Å². The number of hydrogen-bond acceptors (Lipinski definition) is 5. The van der Waals surface area contributed by atoms with Gasteiger partial charge in [-0.25, -0.2) is 4.98 Å². The molecule has 0 saturated carbocycles. The molecule has 0 spiro atoms. The molecule has 33 heavy (non-hydrogen) atoms. The number of benzene rings is 3. The van der Waals surface area contributed by atoms with E-state index in [1.807, 2.05) is 73.7 Å². The fourth-order valence-electron chi connectivity index (χ4n) is 3.27. The normalized spacial score (nSPS) is 10.5. The SMILES string of the molecule is CCOc1ccc(-c2cc(=O)n(CC(=O)Nc3ccc(Nc4ccccc4)cc3)cn2)cc1. The average Bonchev–Trinajstić information content (AvgIpc) is 2.83. The summed E-state index contributed by atoms with van der Waals surface area (Å²) in [5.41, 5.74) is 3.58. The third-order valence-electron chi connectivity index (χ3n) is 4.89. The maximum Gasteiger partial charge on any atom is 0.254 e. The standard InChI is InChI=1S/C26H24N4O3/c1-2-33-23-14-8-19(9-15-23)24-16-26(32)30(18-27-24)17-25(31)29-22-12-10-21(11-13-22)28-20-6-4-3-5-7-20/h3-16,18,28H,2,17H2,1H3,(H,29,31). The summed E-state index contributed by atoms with van der Waals surface area (Å²) in [4.78, 5) is 29.3. The highest BCUT2D eigenvalue weighted by Crippen LogP contribution is 2.20. The minimum Gasteiger partial charge on any atom is -0.494 e. The van der Waals surface area contributed by atoms with Gasteiger partial charge < -0.3 is 15.4 Å². The van der Waals surface area contributed by atoms with Crippen molar-refractivity contribution in [3.63, 3.8) is 0 Å². The van der Waals surface area contributed by atoms with E-state index in [9.17, 15) is 9.59 Å². The fourth-order valence-corrected chi connectivity index (χ4v) is 3.27. The molecule has 0 saturated heterocycles. The number of para-hydroxylation sites is 1. The van der Waals surface area contributed by atoms with Crippen LogP contribution in [0, 0.1) is 0 Å². The molecule has 0 aliphatic heterocycles.